The zero-order chi connectivity index (χ0) is 22.5. The maximum atomic E-state index is 12.5. The molecule has 1 aromatic carbocycles. The van der Waals surface area contributed by atoms with E-state index in [1.165, 1.54) is 50.5 Å². The molecule has 2 saturated heterocycles. The van der Waals surface area contributed by atoms with Crippen molar-refractivity contribution in [1.29, 1.82) is 0 Å². The lowest BCUT2D eigenvalue weighted by molar-refractivity contribution is -0.125. The second-order valence-corrected chi connectivity index (χ2v) is 10.3. The van der Waals surface area contributed by atoms with Crippen molar-refractivity contribution in [3.8, 4) is 5.75 Å². The number of nitrogens with two attached hydrogens (primary N) is 1. The molecule has 3 atom stereocenters. The van der Waals surface area contributed by atoms with Crippen LogP contribution in [0.25, 0.3) is 0 Å². The Balaban J connectivity index is 1.39. The largest absolute Gasteiger partial charge is 0.508 e. The van der Waals surface area contributed by atoms with E-state index in [9.17, 15) is 14.7 Å². The standard InChI is InChI=1S/C26H39N3O3/c27-25(31)11-12-26(32)28-21(13-18-5-2-1-3-6-18)17-29-22-9-10-23(29)15-20(14-22)19-7-4-8-24(30)16-19/h4,7-8,16,18,20-23,30H,1-3,5-6,9-15,17H2,(H2,27,31)(H,28,32). The van der Waals surface area contributed by atoms with Crippen LogP contribution < -0.4 is 11.1 Å². The molecular weight excluding hydrogens is 402 g/mol. The van der Waals surface area contributed by atoms with E-state index in [2.05, 4.69) is 16.3 Å². The Morgan fingerprint density at radius 3 is 2.44 bits per heavy atom. The summed E-state index contributed by atoms with van der Waals surface area (Å²) in [5.74, 6) is 1.07. The number of rotatable bonds is 9. The zero-order valence-electron chi connectivity index (χ0n) is 19.2. The van der Waals surface area contributed by atoms with Crippen LogP contribution in [0.15, 0.2) is 24.3 Å². The second-order valence-electron chi connectivity index (χ2n) is 10.3. The van der Waals surface area contributed by atoms with Crippen LogP contribution in [0.1, 0.15) is 88.5 Å². The van der Waals surface area contributed by atoms with Gasteiger partial charge in [-0.25, -0.2) is 0 Å². The highest BCUT2D eigenvalue weighted by molar-refractivity contribution is 5.82. The summed E-state index contributed by atoms with van der Waals surface area (Å²) in [6, 6.07) is 8.97. The number of primary amides is 1. The fraction of sp³-hybridized carbons (Fsp3) is 0.692. The molecule has 3 fully saturated rings. The van der Waals surface area contributed by atoms with Crippen LogP contribution in [-0.2, 0) is 9.59 Å². The van der Waals surface area contributed by atoms with Crippen LogP contribution in [0.5, 0.6) is 5.75 Å². The SMILES string of the molecule is NC(=O)CCC(=O)NC(CC1CCCCC1)CN1C2CCC1CC(c1cccc(O)c1)C2. The molecule has 1 aromatic rings. The Kier molecular flexibility index (Phi) is 7.71. The molecule has 4 N–H and O–H groups in total. The van der Waals surface area contributed by atoms with Crippen molar-refractivity contribution in [2.75, 3.05) is 6.54 Å². The molecule has 4 rings (SSSR count). The van der Waals surface area contributed by atoms with E-state index in [0.29, 0.717) is 29.7 Å². The van der Waals surface area contributed by atoms with Crippen molar-refractivity contribution in [2.24, 2.45) is 11.7 Å². The molecule has 1 aliphatic carbocycles. The number of benzene rings is 1. The van der Waals surface area contributed by atoms with Crippen molar-refractivity contribution in [1.82, 2.24) is 10.2 Å². The molecule has 0 spiro atoms. The molecule has 176 valence electrons. The lowest BCUT2D eigenvalue weighted by Gasteiger charge is -2.41. The van der Waals surface area contributed by atoms with E-state index in [-0.39, 0.29) is 24.8 Å². The third-order valence-electron chi connectivity index (χ3n) is 7.96. The van der Waals surface area contributed by atoms with E-state index in [1.807, 2.05) is 12.1 Å². The number of carbonyl (C=O) groups excluding carboxylic acids is 2. The fourth-order valence-corrected chi connectivity index (χ4v) is 6.42. The summed E-state index contributed by atoms with van der Waals surface area (Å²) in [4.78, 5) is 26.3. The molecule has 0 radical (unpaired) electrons. The zero-order valence-corrected chi connectivity index (χ0v) is 19.2. The summed E-state index contributed by atoms with van der Waals surface area (Å²) in [5.41, 5.74) is 6.49. The predicted molar refractivity (Wildman–Crippen MR) is 125 cm³/mol. The molecule has 32 heavy (non-hydrogen) atoms. The van der Waals surface area contributed by atoms with E-state index in [0.717, 1.165) is 25.8 Å². The third kappa shape index (κ3) is 6.03. The van der Waals surface area contributed by atoms with Gasteiger partial charge < -0.3 is 16.2 Å². The van der Waals surface area contributed by atoms with E-state index < -0.39 is 5.91 Å². The lowest BCUT2D eigenvalue weighted by atomic mass is 9.83. The Labute approximate surface area is 191 Å². The van der Waals surface area contributed by atoms with Gasteiger partial charge in [-0.2, -0.15) is 0 Å². The summed E-state index contributed by atoms with van der Waals surface area (Å²) >= 11 is 0. The van der Waals surface area contributed by atoms with Gasteiger partial charge in [0.15, 0.2) is 0 Å². The summed E-state index contributed by atoms with van der Waals surface area (Å²) in [5, 5.41) is 13.2. The molecule has 2 bridgehead atoms. The lowest BCUT2D eigenvalue weighted by Crippen LogP contribution is -2.51. The van der Waals surface area contributed by atoms with Crippen LogP contribution in [0.2, 0.25) is 0 Å². The highest BCUT2D eigenvalue weighted by Gasteiger charge is 2.42. The van der Waals surface area contributed by atoms with Crippen LogP contribution >= 0.6 is 0 Å². The number of phenolic OH excluding ortho intramolecular Hbond substituents is 1. The summed E-state index contributed by atoms with van der Waals surface area (Å²) in [6.45, 7) is 0.904. The highest BCUT2D eigenvalue weighted by Crippen LogP contribution is 2.43. The molecule has 2 heterocycles. The summed E-state index contributed by atoms with van der Waals surface area (Å²) in [7, 11) is 0. The summed E-state index contributed by atoms with van der Waals surface area (Å²) in [6.07, 6.45) is 12.5. The molecule has 2 amide bonds. The molecule has 6 nitrogen and oxygen atoms in total. The number of phenols is 1. The number of nitrogens with one attached hydrogen (secondary N) is 1. The number of amides is 2. The van der Waals surface area contributed by atoms with Gasteiger partial charge in [0.1, 0.15) is 5.75 Å². The van der Waals surface area contributed by atoms with E-state index in [1.54, 1.807) is 6.07 Å². The van der Waals surface area contributed by atoms with E-state index in [4.69, 9.17) is 5.73 Å². The molecule has 0 aromatic heterocycles. The minimum Gasteiger partial charge on any atom is -0.508 e. The average Bonchev–Trinajstić information content (AvgIpc) is 2.99. The topological polar surface area (TPSA) is 95.7 Å². The Hall–Kier alpha value is -2.08. The smallest absolute Gasteiger partial charge is 0.220 e. The van der Waals surface area contributed by atoms with Crippen molar-refractivity contribution < 1.29 is 14.7 Å². The highest BCUT2D eigenvalue weighted by atomic mass is 16.3. The number of piperidine rings is 1. The minimum absolute atomic E-state index is 0.0494. The third-order valence-corrected chi connectivity index (χ3v) is 7.96. The first kappa shape index (κ1) is 23.1. The van der Waals surface area contributed by atoms with Gasteiger partial charge in [0, 0.05) is 37.5 Å². The molecular formula is C26H39N3O3. The number of fused-ring (bicyclic) bond motifs is 2. The first-order valence-corrected chi connectivity index (χ1v) is 12.6. The predicted octanol–water partition coefficient (Wildman–Crippen LogP) is 3.82. The number of carbonyl (C=O) groups is 2. The first-order valence-electron chi connectivity index (χ1n) is 12.6. The van der Waals surface area contributed by atoms with Gasteiger partial charge in [0.2, 0.25) is 11.8 Å². The normalized spacial score (nSPS) is 27.2. The van der Waals surface area contributed by atoms with Gasteiger partial charge in [0.25, 0.3) is 0 Å². The number of aromatic hydroxyl groups is 1. The molecule has 6 heteroatoms. The van der Waals surface area contributed by atoms with Crippen LogP contribution in [0, 0.1) is 5.92 Å². The first-order chi connectivity index (χ1) is 15.5. The Morgan fingerprint density at radius 2 is 1.78 bits per heavy atom. The van der Waals surface area contributed by atoms with Crippen LogP contribution in [-0.4, -0.2) is 46.5 Å². The second kappa shape index (κ2) is 10.7. The molecule has 1 saturated carbocycles. The van der Waals surface area contributed by atoms with Gasteiger partial charge >= 0.3 is 0 Å². The number of hydrogen-bond donors (Lipinski definition) is 3. The number of nitrogens with zero attached hydrogens (tertiary/aromatic N) is 1. The molecule has 3 unspecified atom stereocenters. The number of hydrogen-bond acceptors (Lipinski definition) is 4. The van der Waals surface area contributed by atoms with Gasteiger partial charge in [-0.1, -0.05) is 44.2 Å². The van der Waals surface area contributed by atoms with Crippen molar-refractivity contribution in [3.05, 3.63) is 29.8 Å². The Morgan fingerprint density at radius 1 is 1.06 bits per heavy atom. The average molecular weight is 442 g/mol. The monoisotopic (exact) mass is 441 g/mol. The van der Waals surface area contributed by atoms with Gasteiger partial charge in [-0.3, -0.25) is 14.5 Å². The van der Waals surface area contributed by atoms with Crippen molar-refractivity contribution >= 4 is 11.8 Å². The quantitative estimate of drug-likeness (QED) is 0.543. The van der Waals surface area contributed by atoms with Crippen molar-refractivity contribution in [2.45, 2.75) is 101 Å². The van der Waals surface area contributed by atoms with Gasteiger partial charge in [-0.15, -0.1) is 0 Å². The minimum atomic E-state index is -0.420. The molecule has 2 aliphatic heterocycles. The maximum Gasteiger partial charge on any atom is 0.220 e. The fourth-order valence-electron chi connectivity index (χ4n) is 6.42. The summed E-state index contributed by atoms with van der Waals surface area (Å²) < 4.78 is 0. The van der Waals surface area contributed by atoms with Crippen LogP contribution in [0.3, 0.4) is 0 Å². The van der Waals surface area contributed by atoms with E-state index >= 15 is 0 Å². The van der Waals surface area contributed by atoms with Crippen molar-refractivity contribution in [3.63, 3.8) is 0 Å². The van der Waals surface area contributed by atoms with Gasteiger partial charge in [-0.05, 0) is 61.6 Å². The van der Waals surface area contributed by atoms with Crippen LogP contribution in [0.4, 0.5) is 0 Å². The van der Waals surface area contributed by atoms with Gasteiger partial charge in [0.05, 0.1) is 0 Å². The Bertz CT molecular complexity index is 778. The molecule has 3 aliphatic rings. The maximum absolute atomic E-state index is 12.5.